The summed E-state index contributed by atoms with van der Waals surface area (Å²) in [6.45, 7) is 10.3. The van der Waals surface area contributed by atoms with Gasteiger partial charge >= 0.3 is 0 Å². The molecule has 7 heteroatoms. The Morgan fingerprint density at radius 1 is 1.25 bits per heavy atom. The molecule has 1 aromatic rings. The van der Waals surface area contributed by atoms with E-state index in [2.05, 4.69) is 34.0 Å². The summed E-state index contributed by atoms with van der Waals surface area (Å²) >= 11 is 0. The Labute approximate surface area is 185 Å². The molecular formula is C21H34FIN4O. The summed E-state index contributed by atoms with van der Waals surface area (Å²) in [5.41, 5.74) is 1.01. The standard InChI is InChI=1S/C21H33FN4O.HI/c1-4-25-11-5-6-17(14-25)12-24-21(23-3)26-13-16(2)27-20(15-26)18-7-9-19(22)10-8-18;/h7-10,16-17,20H,4-6,11-15H2,1-3H3,(H,23,24);1H. The zero-order valence-electron chi connectivity index (χ0n) is 17.2. The number of benzene rings is 1. The first-order chi connectivity index (χ1) is 13.1. The van der Waals surface area contributed by atoms with Gasteiger partial charge in [0, 0.05) is 26.7 Å². The predicted molar refractivity (Wildman–Crippen MR) is 123 cm³/mol. The lowest BCUT2D eigenvalue weighted by molar-refractivity contribution is -0.0605. The van der Waals surface area contributed by atoms with Crippen molar-refractivity contribution in [3.8, 4) is 0 Å². The fourth-order valence-electron chi connectivity index (χ4n) is 4.16. The van der Waals surface area contributed by atoms with Crippen molar-refractivity contribution >= 4 is 29.9 Å². The molecule has 5 nitrogen and oxygen atoms in total. The molecule has 3 atom stereocenters. The summed E-state index contributed by atoms with van der Waals surface area (Å²) in [5.74, 6) is 1.39. The van der Waals surface area contributed by atoms with Gasteiger partial charge in [-0.1, -0.05) is 19.1 Å². The third-order valence-electron chi connectivity index (χ3n) is 5.61. The van der Waals surface area contributed by atoms with Crippen LogP contribution in [0.1, 0.15) is 38.4 Å². The molecule has 3 rings (SSSR count). The van der Waals surface area contributed by atoms with E-state index in [-0.39, 0.29) is 42.0 Å². The number of hydrogen-bond donors (Lipinski definition) is 1. The van der Waals surface area contributed by atoms with Gasteiger partial charge in [0.1, 0.15) is 11.9 Å². The van der Waals surface area contributed by atoms with Crippen LogP contribution in [0.2, 0.25) is 0 Å². The number of guanidine groups is 1. The smallest absolute Gasteiger partial charge is 0.193 e. The van der Waals surface area contributed by atoms with Crippen LogP contribution < -0.4 is 5.32 Å². The van der Waals surface area contributed by atoms with Gasteiger partial charge in [0.05, 0.1) is 12.6 Å². The van der Waals surface area contributed by atoms with E-state index in [1.807, 2.05) is 19.2 Å². The lowest BCUT2D eigenvalue weighted by atomic mass is 9.98. The zero-order chi connectivity index (χ0) is 19.2. The number of halogens is 2. The van der Waals surface area contributed by atoms with Crippen molar-refractivity contribution in [1.29, 1.82) is 0 Å². The second-order valence-electron chi connectivity index (χ2n) is 7.72. The second kappa shape index (κ2) is 11.3. The minimum absolute atomic E-state index is 0. The Bertz CT molecular complexity index is 627. The number of rotatable bonds is 4. The van der Waals surface area contributed by atoms with Gasteiger partial charge < -0.3 is 19.9 Å². The van der Waals surface area contributed by atoms with E-state index in [9.17, 15) is 4.39 Å². The van der Waals surface area contributed by atoms with Crippen molar-refractivity contribution in [2.45, 2.75) is 38.9 Å². The number of morpholine rings is 1. The first-order valence-corrected chi connectivity index (χ1v) is 10.2. The molecule has 0 aromatic heterocycles. The molecule has 1 N–H and O–H groups in total. The highest BCUT2D eigenvalue weighted by Crippen LogP contribution is 2.25. The van der Waals surface area contributed by atoms with Gasteiger partial charge in [0.2, 0.25) is 0 Å². The van der Waals surface area contributed by atoms with Gasteiger partial charge in [-0.25, -0.2) is 4.39 Å². The average molecular weight is 504 g/mol. The molecule has 0 aliphatic carbocycles. The molecule has 0 bridgehead atoms. The van der Waals surface area contributed by atoms with Crippen LogP contribution in [0.15, 0.2) is 29.3 Å². The highest BCUT2D eigenvalue weighted by molar-refractivity contribution is 14.0. The number of nitrogens with one attached hydrogen (secondary N) is 1. The highest BCUT2D eigenvalue weighted by atomic mass is 127. The Balaban J connectivity index is 0.00000280. The van der Waals surface area contributed by atoms with Gasteiger partial charge in [0.15, 0.2) is 5.96 Å². The summed E-state index contributed by atoms with van der Waals surface area (Å²) in [6.07, 6.45) is 2.58. The van der Waals surface area contributed by atoms with Crippen molar-refractivity contribution in [2.75, 3.05) is 46.3 Å². The van der Waals surface area contributed by atoms with Gasteiger partial charge in [-0.05, 0) is 56.5 Å². The van der Waals surface area contributed by atoms with E-state index in [0.29, 0.717) is 5.92 Å². The molecule has 2 fully saturated rings. The Hall–Kier alpha value is -0.930. The van der Waals surface area contributed by atoms with Crippen LogP contribution in [-0.4, -0.2) is 68.2 Å². The normalized spacial score (nSPS) is 26.6. The minimum Gasteiger partial charge on any atom is -0.367 e. The number of piperidine rings is 1. The number of nitrogens with zero attached hydrogens (tertiary/aromatic N) is 3. The molecule has 2 saturated heterocycles. The highest BCUT2D eigenvalue weighted by Gasteiger charge is 2.29. The second-order valence-corrected chi connectivity index (χ2v) is 7.72. The number of ether oxygens (including phenoxy) is 1. The maximum absolute atomic E-state index is 13.2. The third-order valence-corrected chi connectivity index (χ3v) is 5.61. The Kier molecular flexibility index (Phi) is 9.43. The molecule has 3 unspecified atom stereocenters. The minimum atomic E-state index is -0.217. The van der Waals surface area contributed by atoms with Crippen molar-refractivity contribution in [3.05, 3.63) is 35.6 Å². The molecular weight excluding hydrogens is 470 g/mol. The monoisotopic (exact) mass is 504 g/mol. The molecule has 0 radical (unpaired) electrons. The van der Waals surface area contributed by atoms with Crippen molar-refractivity contribution < 1.29 is 9.13 Å². The van der Waals surface area contributed by atoms with Gasteiger partial charge in [0.25, 0.3) is 0 Å². The van der Waals surface area contributed by atoms with Crippen LogP contribution >= 0.6 is 24.0 Å². The summed E-state index contributed by atoms with van der Waals surface area (Å²) in [4.78, 5) is 9.31. The van der Waals surface area contributed by atoms with E-state index < -0.39 is 0 Å². The van der Waals surface area contributed by atoms with Gasteiger partial charge in [-0.3, -0.25) is 4.99 Å². The molecule has 2 aliphatic heterocycles. The van der Waals surface area contributed by atoms with Gasteiger partial charge in [-0.15, -0.1) is 24.0 Å². The SMILES string of the molecule is CCN1CCCC(CNC(=NC)N2CC(C)OC(c3ccc(F)cc3)C2)C1.I. The van der Waals surface area contributed by atoms with Crippen LogP contribution in [0.3, 0.4) is 0 Å². The molecule has 158 valence electrons. The maximum Gasteiger partial charge on any atom is 0.193 e. The molecule has 1 aromatic carbocycles. The van der Waals surface area contributed by atoms with Crippen LogP contribution in [0.5, 0.6) is 0 Å². The van der Waals surface area contributed by atoms with E-state index in [1.165, 1.54) is 31.5 Å². The van der Waals surface area contributed by atoms with Crippen LogP contribution in [-0.2, 0) is 4.74 Å². The number of hydrogen-bond acceptors (Lipinski definition) is 3. The van der Waals surface area contributed by atoms with E-state index >= 15 is 0 Å². The van der Waals surface area contributed by atoms with E-state index in [4.69, 9.17) is 4.74 Å². The van der Waals surface area contributed by atoms with Crippen molar-refractivity contribution in [3.63, 3.8) is 0 Å². The third kappa shape index (κ3) is 6.29. The van der Waals surface area contributed by atoms with E-state index in [1.54, 1.807) is 0 Å². The number of aliphatic imine (C=N–C) groups is 1. The zero-order valence-corrected chi connectivity index (χ0v) is 19.6. The van der Waals surface area contributed by atoms with Crippen molar-refractivity contribution in [1.82, 2.24) is 15.1 Å². The quantitative estimate of drug-likeness (QED) is 0.387. The lowest BCUT2D eigenvalue weighted by Crippen LogP contribution is -2.52. The predicted octanol–water partition coefficient (Wildman–Crippen LogP) is 3.51. The molecule has 0 saturated carbocycles. The maximum atomic E-state index is 13.2. The van der Waals surface area contributed by atoms with Crippen molar-refractivity contribution in [2.24, 2.45) is 10.9 Å². The summed E-state index contributed by atoms with van der Waals surface area (Å²) in [7, 11) is 1.84. The van der Waals surface area contributed by atoms with Crippen LogP contribution in [0, 0.1) is 11.7 Å². The average Bonchev–Trinajstić information content (AvgIpc) is 2.69. The lowest BCUT2D eigenvalue weighted by Gasteiger charge is -2.39. The fourth-order valence-corrected chi connectivity index (χ4v) is 4.16. The summed E-state index contributed by atoms with van der Waals surface area (Å²) in [5, 5.41) is 3.59. The first-order valence-electron chi connectivity index (χ1n) is 10.2. The van der Waals surface area contributed by atoms with Gasteiger partial charge in [-0.2, -0.15) is 0 Å². The molecule has 0 spiro atoms. The van der Waals surface area contributed by atoms with Crippen LogP contribution in [0.25, 0.3) is 0 Å². The summed E-state index contributed by atoms with van der Waals surface area (Å²) < 4.78 is 19.3. The Morgan fingerprint density at radius 3 is 2.68 bits per heavy atom. The molecule has 2 heterocycles. The first kappa shape index (κ1) is 23.3. The molecule has 2 aliphatic rings. The Morgan fingerprint density at radius 2 is 2.00 bits per heavy atom. The fraction of sp³-hybridized carbons (Fsp3) is 0.667. The summed E-state index contributed by atoms with van der Waals surface area (Å²) in [6, 6.07) is 6.62. The largest absolute Gasteiger partial charge is 0.367 e. The number of likely N-dealkylation sites (tertiary alicyclic amines) is 1. The van der Waals surface area contributed by atoms with E-state index in [0.717, 1.165) is 44.2 Å². The topological polar surface area (TPSA) is 40.1 Å². The molecule has 28 heavy (non-hydrogen) atoms. The molecule has 0 amide bonds. The van der Waals surface area contributed by atoms with Crippen LogP contribution in [0.4, 0.5) is 4.39 Å².